The molecule has 4 N–H and O–H groups in total. The number of carbonyl (C=O) groups excluding carboxylic acids is 1. The van der Waals surface area contributed by atoms with Crippen LogP contribution in [-0.4, -0.2) is 11.0 Å². The van der Waals surface area contributed by atoms with Crippen molar-refractivity contribution in [2.24, 2.45) is 5.73 Å². The Morgan fingerprint density at radius 3 is 2.50 bits per heavy atom. The Morgan fingerprint density at radius 1 is 1.50 bits per heavy atom. The molecule has 0 aromatic heterocycles. The predicted molar refractivity (Wildman–Crippen MR) is 64.6 cm³/mol. The van der Waals surface area contributed by atoms with Crippen LogP contribution in [0.5, 0.6) is 5.75 Å². The first-order chi connectivity index (χ1) is 7.23. The average Bonchev–Trinajstić information content (AvgIpc) is 2.08. The van der Waals surface area contributed by atoms with Crippen LogP contribution in [0.15, 0.2) is 12.1 Å². The molecule has 0 unspecified atom stereocenters. The average molecular weight is 243 g/mol. The maximum absolute atomic E-state index is 11.0. The van der Waals surface area contributed by atoms with Crippen LogP contribution in [0.1, 0.15) is 26.3 Å². The van der Waals surface area contributed by atoms with Gasteiger partial charge in [-0.2, -0.15) is 0 Å². The van der Waals surface area contributed by atoms with Crippen molar-refractivity contribution >= 4 is 23.2 Å². The smallest absolute Gasteiger partial charge is 0.221 e. The Bertz CT molecular complexity index is 425. The number of rotatable bonds is 2. The van der Waals surface area contributed by atoms with Crippen LogP contribution in [0.3, 0.4) is 0 Å². The first kappa shape index (κ1) is 12.8. The summed E-state index contributed by atoms with van der Waals surface area (Å²) in [5.74, 6) is -0.337. The second-order valence-electron chi connectivity index (χ2n) is 4.22. The molecule has 0 radical (unpaired) electrons. The van der Waals surface area contributed by atoms with Gasteiger partial charge in [0.2, 0.25) is 5.91 Å². The molecule has 0 saturated carbocycles. The van der Waals surface area contributed by atoms with Crippen LogP contribution in [0.4, 0.5) is 5.69 Å². The second-order valence-corrected chi connectivity index (χ2v) is 4.63. The zero-order valence-electron chi connectivity index (χ0n) is 9.47. The maximum atomic E-state index is 11.0. The lowest BCUT2D eigenvalue weighted by Gasteiger charge is -2.24. The van der Waals surface area contributed by atoms with Gasteiger partial charge in [0.25, 0.3) is 0 Å². The predicted octanol–water partition coefficient (Wildman–Crippen LogP) is 2.20. The Labute approximate surface area is 99.4 Å². The van der Waals surface area contributed by atoms with E-state index >= 15 is 0 Å². The molecule has 0 bridgehead atoms. The first-order valence-electron chi connectivity index (χ1n) is 4.82. The summed E-state index contributed by atoms with van der Waals surface area (Å²) in [5, 5.41) is 12.6. The molecule has 1 aromatic carbocycles. The van der Waals surface area contributed by atoms with Gasteiger partial charge in [-0.15, -0.1) is 0 Å². The lowest BCUT2D eigenvalue weighted by atomic mass is 9.93. The van der Waals surface area contributed by atoms with Gasteiger partial charge in [-0.3, -0.25) is 4.79 Å². The van der Waals surface area contributed by atoms with Crippen molar-refractivity contribution in [3.63, 3.8) is 0 Å². The number of hydrogen-bond acceptors (Lipinski definition) is 3. The summed E-state index contributed by atoms with van der Waals surface area (Å²) in [7, 11) is 0. The number of amides is 1. The quantitative estimate of drug-likeness (QED) is 0.696. The number of nitrogens with two attached hydrogens (primary N) is 1. The molecule has 88 valence electrons. The van der Waals surface area contributed by atoms with E-state index in [1.165, 1.54) is 13.0 Å². The third-order valence-electron chi connectivity index (χ3n) is 2.08. The van der Waals surface area contributed by atoms with Crippen LogP contribution in [0, 0.1) is 0 Å². The number of benzene rings is 1. The van der Waals surface area contributed by atoms with Crippen LogP contribution in [0.25, 0.3) is 0 Å². The minimum absolute atomic E-state index is 0.0480. The van der Waals surface area contributed by atoms with E-state index in [4.69, 9.17) is 17.3 Å². The summed E-state index contributed by atoms with van der Waals surface area (Å²) in [4.78, 5) is 11.0. The zero-order valence-corrected chi connectivity index (χ0v) is 10.2. The van der Waals surface area contributed by atoms with E-state index in [1.807, 2.05) is 0 Å². The number of nitrogens with one attached hydrogen (secondary N) is 1. The minimum atomic E-state index is -0.756. The van der Waals surface area contributed by atoms with Gasteiger partial charge in [0.1, 0.15) is 5.75 Å². The zero-order chi connectivity index (χ0) is 12.5. The van der Waals surface area contributed by atoms with E-state index in [-0.39, 0.29) is 17.3 Å². The third kappa shape index (κ3) is 2.65. The fraction of sp³-hybridized carbons (Fsp3) is 0.364. The highest BCUT2D eigenvalue weighted by Crippen LogP contribution is 2.38. The fourth-order valence-electron chi connectivity index (χ4n) is 1.50. The van der Waals surface area contributed by atoms with Crippen molar-refractivity contribution < 1.29 is 9.90 Å². The largest absolute Gasteiger partial charge is 0.506 e. The first-order valence-corrected chi connectivity index (χ1v) is 5.19. The fourth-order valence-corrected chi connectivity index (χ4v) is 1.90. The van der Waals surface area contributed by atoms with Crippen LogP contribution >= 0.6 is 11.6 Å². The number of carbonyl (C=O) groups is 1. The van der Waals surface area contributed by atoms with Crippen molar-refractivity contribution in [2.75, 3.05) is 5.32 Å². The molecular weight excluding hydrogens is 228 g/mol. The molecule has 0 aliphatic heterocycles. The third-order valence-corrected chi connectivity index (χ3v) is 2.39. The monoisotopic (exact) mass is 242 g/mol. The molecule has 5 heteroatoms. The highest BCUT2D eigenvalue weighted by atomic mass is 35.5. The van der Waals surface area contributed by atoms with Gasteiger partial charge in [0.05, 0.1) is 5.69 Å². The lowest BCUT2D eigenvalue weighted by Crippen LogP contribution is -2.30. The van der Waals surface area contributed by atoms with Gasteiger partial charge in [0, 0.05) is 23.0 Å². The number of aromatic hydroxyl groups is 1. The Balaban J connectivity index is 3.43. The highest BCUT2D eigenvalue weighted by Gasteiger charge is 2.24. The molecule has 4 nitrogen and oxygen atoms in total. The summed E-state index contributed by atoms with van der Waals surface area (Å²) >= 11 is 6.03. The van der Waals surface area contributed by atoms with E-state index in [1.54, 1.807) is 19.9 Å². The summed E-state index contributed by atoms with van der Waals surface area (Å²) in [5.41, 5.74) is 5.99. The van der Waals surface area contributed by atoms with Gasteiger partial charge < -0.3 is 16.2 Å². The SMILES string of the molecule is CC(=O)Nc1c(O)ccc(Cl)c1C(C)(C)N. The summed E-state index contributed by atoms with van der Waals surface area (Å²) in [6.45, 7) is 4.85. The van der Waals surface area contributed by atoms with E-state index in [9.17, 15) is 9.90 Å². The molecule has 0 atom stereocenters. The van der Waals surface area contributed by atoms with Crippen molar-refractivity contribution in [1.29, 1.82) is 0 Å². The van der Waals surface area contributed by atoms with Crippen molar-refractivity contribution in [1.82, 2.24) is 0 Å². The Morgan fingerprint density at radius 2 is 2.06 bits per heavy atom. The molecule has 0 aliphatic rings. The molecule has 1 amide bonds. The normalized spacial score (nSPS) is 11.3. The van der Waals surface area contributed by atoms with Crippen molar-refractivity contribution in [3.8, 4) is 5.75 Å². The van der Waals surface area contributed by atoms with Gasteiger partial charge >= 0.3 is 0 Å². The van der Waals surface area contributed by atoms with Gasteiger partial charge in [-0.05, 0) is 26.0 Å². The standard InChI is InChI=1S/C11H15ClN2O2/c1-6(15)14-10-8(16)5-4-7(12)9(10)11(2,3)13/h4-5,16H,13H2,1-3H3,(H,14,15). The van der Waals surface area contributed by atoms with Gasteiger partial charge in [-0.1, -0.05) is 11.6 Å². The second kappa shape index (κ2) is 4.31. The number of phenols is 1. The molecular formula is C11H15ClN2O2. The maximum Gasteiger partial charge on any atom is 0.221 e. The number of phenolic OH excluding ortho intramolecular Hbond substituents is 1. The van der Waals surface area contributed by atoms with E-state index in [2.05, 4.69) is 5.32 Å². The molecule has 1 rings (SSSR count). The number of halogens is 1. The molecule has 0 saturated heterocycles. The van der Waals surface area contributed by atoms with E-state index in [0.717, 1.165) is 0 Å². The number of anilines is 1. The van der Waals surface area contributed by atoms with Gasteiger partial charge in [-0.25, -0.2) is 0 Å². The molecule has 1 aromatic rings. The topological polar surface area (TPSA) is 75.3 Å². The molecule has 0 fully saturated rings. The van der Waals surface area contributed by atoms with Crippen LogP contribution < -0.4 is 11.1 Å². The molecule has 0 heterocycles. The molecule has 0 aliphatic carbocycles. The molecule has 16 heavy (non-hydrogen) atoms. The van der Waals surface area contributed by atoms with E-state index in [0.29, 0.717) is 10.6 Å². The van der Waals surface area contributed by atoms with E-state index < -0.39 is 5.54 Å². The summed E-state index contributed by atoms with van der Waals surface area (Å²) < 4.78 is 0. The highest BCUT2D eigenvalue weighted by molar-refractivity contribution is 6.32. The van der Waals surface area contributed by atoms with Crippen molar-refractivity contribution in [3.05, 3.63) is 22.7 Å². The Kier molecular flexibility index (Phi) is 3.45. The summed E-state index contributed by atoms with van der Waals surface area (Å²) in [6, 6.07) is 2.97. The van der Waals surface area contributed by atoms with Crippen molar-refractivity contribution in [2.45, 2.75) is 26.3 Å². The van der Waals surface area contributed by atoms with Crippen LogP contribution in [-0.2, 0) is 10.3 Å². The Hall–Kier alpha value is -1.26. The lowest BCUT2D eigenvalue weighted by molar-refractivity contribution is -0.114. The molecule has 0 spiro atoms. The minimum Gasteiger partial charge on any atom is -0.506 e. The summed E-state index contributed by atoms with van der Waals surface area (Å²) in [6.07, 6.45) is 0. The number of hydrogen-bond donors (Lipinski definition) is 3. The van der Waals surface area contributed by atoms with Gasteiger partial charge in [0.15, 0.2) is 0 Å². The van der Waals surface area contributed by atoms with Crippen LogP contribution in [0.2, 0.25) is 5.02 Å².